The van der Waals surface area contributed by atoms with E-state index in [1.807, 2.05) is 0 Å². The first kappa shape index (κ1) is 15.8. The van der Waals surface area contributed by atoms with E-state index in [4.69, 9.17) is 0 Å². The Morgan fingerprint density at radius 3 is 2.70 bits per heavy atom. The van der Waals surface area contributed by atoms with E-state index >= 15 is 0 Å². The topological polar surface area (TPSA) is 15.3 Å². The SMILES string of the molecule is CCCNCc1ccc(Br)cc1N(CC1CC1)C(C)C. The molecule has 1 fully saturated rings. The van der Waals surface area contributed by atoms with Crippen molar-refractivity contribution in [3.05, 3.63) is 28.2 Å². The fourth-order valence-corrected chi connectivity index (χ4v) is 2.87. The van der Waals surface area contributed by atoms with Gasteiger partial charge in [0.05, 0.1) is 0 Å². The van der Waals surface area contributed by atoms with Gasteiger partial charge in [0.1, 0.15) is 0 Å². The molecule has 1 saturated carbocycles. The number of halogens is 1. The first-order chi connectivity index (χ1) is 9.61. The van der Waals surface area contributed by atoms with E-state index in [1.54, 1.807) is 0 Å². The molecule has 0 aromatic heterocycles. The van der Waals surface area contributed by atoms with Crippen molar-refractivity contribution in [1.82, 2.24) is 5.32 Å². The van der Waals surface area contributed by atoms with Crippen molar-refractivity contribution in [3.63, 3.8) is 0 Å². The Morgan fingerprint density at radius 2 is 2.10 bits per heavy atom. The Kier molecular flexibility index (Phi) is 5.91. The molecule has 112 valence electrons. The predicted molar refractivity (Wildman–Crippen MR) is 91.3 cm³/mol. The van der Waals surface area contributed by atoms with E-state index in [-0.39, 0.29) is 0 Å². The Morgan fingerprint density at radius 1 is 1.35 bits per heavy atom. The summed E-state index contributed by atoms with van der Waals surface area (Å²) in [5.41, 5.74) is 2.81. The number of hydrogen-bond donors (Lipinski definition) is 1. The fraction of sp³-hybridized carbons (Fsp3) is 0.647. The summed E-state index contributed by atoms with van der Waals surface area (Å²) < 4.78 is 1.17. The summed E-state index contributed by atoms with van der Waals surface area (Å²) in [7, 11) is 0. The molecule has 0 aliphatic heterocycles. The Bertz CT molecular complexity index is 427. The van der Waals surface area contributed by atoms with Gasteiger partial charge in [-0.3, -0.25) is 0 Å². The number of rotatable bonds is 8. The zero-order chi connectivity index (χ0) is 14.5. The van der Waals surface area contributed by atoms with Gasteiger partial charge in [-0.15, -0.1) is 0 Å². The molecule has 0 bridgehead atoms. The van der Waals surface area contributed by atoms with Crippen LogP contribution >= 0.6 is 15.9 Å². The zero-order valence-electron chi connectivity index (χ0n) is 13.0. The van der Waals surface area contributed by atoms with Gasteiger partial charge in [0, 0.05) is 29.3 Å². The van der Waals surface area contributed by atoms with Gasteiger partial charge in [-0.05, 0) is 63.3 Å². The summed E-state index contributed by atoms with van der Waals surface area (Å²) in [6.07, 6.45) is 3.99. The summed E-state index contributed by atoms with van der Waals surface area (Å²) in [5, 5.41) is 3.53. The second-order valence-corrected chi connectivity index (χ2v) is 7.05. The maximum absolute atomic E-state index is 3.63. The molecule has 0 heterocycles. The lowest BCUT2D eigenvalue weighted by Crippen LogP contribution is -2.34. The molecule has 0 saturated heterocycles. The molecule has 2 rings (SSSR count). The zero-order valence-corrected chi connectivity index (χ0v) is 14.5. The molecule has 0 amide bonds. The van der Waals surface area contributed by atoms with Gasteiger partial charge < -0.3 is 10.2 Å². The molecule has 1 N–H and O–H groups in total. The maximum Gasteiger partial charge on any atom is 0.0425 e. The van der Waals surface area contributed by atoms with Crippen LogP contribution in [0.5, 0.6) is 0 Å². The van der Waals surface area contributed by atoms with Crippen molar-refractivity contribution in [2.45, 2.75) is 52.6 Å². The molecule has 0 radical (unpaired) electrons. The molecule has 1 aliphatic carbocycles. The van der Waals surface area contributed by atoms with Crippen molar-refractivity contribution in [2.24, 2.45) is 5.92 Å². The second kappa shape index (κ2) is 7.46. The first-order valence-corrected chi connectivity index (χ1v) is 8.67. The number of anilines is 1. The second-order valence-electron chi connectivity index (χ2n) is 6.14. The third kappa shape index (κ3) is 4.49. The molecule has 3 heteroatoms. The molecule has 0 atom stereocenters. The molecule has 20 heavy (non-hydrogen) atoms. The highest BCUT2D eigenvalue weighted by molar-refractivity contribution is 9.10. The van der Waals surface area contributed by atoms with E-state index < -0.39 is 0 Å². The highest BCUT2D eigenvalue weighted by Crippen LogP contribution is 2.34. The molecule has 0 spiro atoms. The third-order valence-electron chi connectivity index (χ3n) is 3.87. The van der Waals surface area contributed by atoms with Crippen LogP contribution in [0.1, 0.15) is 45.6 Å². The van der Waals surface area contributed by atoms with Crippen LogP contribution < -0.4 is 10.2 Å². The van der Waals surface area contributed by atoms with Crippen LogP contribution in [0, 0.1) is 5.92 Å². The summed E-state index contributed by atoms with van der Waals surface area (Å²) in [6, 6.07) is 7.24. The number of benzene rings is 1. The van der Waals surface area contributed by atoms with Crippen LogP contribution in [-0.2, 0) is 6.54 Å². The van der Waals surface area contributed by atoms with Gasteiger partial charge in [-0.2, -0.15) is 0 Å². The van der Waals surface area contributed by atoms with E-state index in [0.29, 0.717) is 6.04 Å². The molecule has 1 aliphatic rings. The minimum absolute atomic E-state index is 0.551. The summed E-state index contributed by atoms with van der Waals surface area (Å²) in [4.78, 5) is 2.57. The fourth-order valence-electron chi connectivity index (χ4n) is 2.52. The van der Waals surface area contributed by atoms with Crippen molar-refractivity contribution < 1.29 is 0 Å². The van der Waals surface area contributed by atoms with Gasteiger partial charge in [-0.1, -0.05) is 28.9 Å². The standard InChI is InChI=1S/C17H27BrN2/c1-4-9-19-11-15-7-8-16(18)10-17(15)20(13(2)3)12-14-5-6-14/h7-8,10,13-14,19H,4-6,9,11-12H2,1-3H3. The van der Waals surface area contributed by atoms with Gasteiger partial charge in [0.15, 0.2) is 0 Å². The molecule has 0 unspecified atom stereocenters. The predicted octanol–water partition coefficient (Wildman–Crippen LogP) is 4.57. The van der Waals surface area contributed by atoms with Crippen molar-refractivity contribution in [2.75, 3.05) is 18.0 Å². The number of hydrogen-bond acceptors (Lipinski definition) is 2. The van der Waals surface area contributed by atoms with Gasteiger partial charge in [0.25, 0.3) is 0 Å². The summed E-state index contributed by atoms with van der Waals surface area (Å²) in [5.74, 6) is 0.910. The van der Waals surface area contributed by atoms with Crippen LogP contribution in [0.3, 0.4) is 0 Å². The van der Waals surface area contributed by atoms with Crippen molar-refractivity contribution >= 4 is 21.6 Å². The normalized spacial score (nSPS) is 14.8. The summed E-state index contributed by atoms with van der Waals surface area (Å²) >= 11 is 3.63. The van der Waals surface area contributed by atoms with Crippen LogP contribution in [0.2, 0.25) is 0 Å². The molecular weight excluding hydrogens is 312 g/mol. The van der Waals surface area contributed by atoms with E-state index in [1.165, 1.54) is 41.5 Å². The number of nitrogens with one attached hydrogen (secondary N) is 1. The van der Waals surface area contributed by atoms with Crippen LogP contribution in [-0.4, -0.2) is 19.1 Å². The highest BCUT2D eigenvalue weighted by atomic mass is 79.9. The van der Waals surface area contributed by atoms with Crippen LogP contribution in [0.4, 0.5) is 5.69 Å². The Balaban J connectivity index is 2.18. The molecule has 1 aromatic rings. The average molecular weight is 339 g/mol. The Hall–Kier alpha value is -0.540. The Labute approximate surface area is 132 Å². The van der Waals surface area contributed by atoms with Crippen LogP contribution in [0.15, 0.2) is 22.7 Å². The monoisotopic (exact) mass is 338 g/mol. The van der Waals surface area contributed by atoms with Crippen molar-refractivity contribution in [3.8, 4) is 0 Å². The first-order valence-electron chi connectivity index (χ1n) is 7.87. The average Bonchev–Trinajstić information content (AvgIpc) is 3.21. The van der Waals surface area contributed by atoms with Gasteiger partial charge >= 0.3 is 0 Å². The van der Waals surface area contributed by atoms with E-state index in [9.17, 15) is 0 Å². The minimum atomic E-state index is 0.551. The van der Waals surface area contributed by atoms with Crippen LogP contribution in [0.25, 0.3) is 0 Å². The van der Waals surface area contributed by atoms with E-state index in [0.717, 1.165) is 19.0 Å². The molecule has 2 nitrogen and oxygen atoms in total. The molecular formula is C17H27BrN2. The maximum atomic E-state index is 3.63. The quantitative estimate of drug-likeness (QED) is 0.698. The van der Waals surface area contributed by atoms with E-state index in [2.05, 4.69) is 65.1 Å². The smallest absolute Gasteiger partial charge is 0.0425 e. The molecule has 1 aromatic carbocycles. The van der Waals surface area contributed by atoms with Gasteiger partial charge in [0.2, 0.25) is 0 Å². The lowest BCUT2D eigenvalue weighted by atomic mass is 10.1. The largest absolute Gasteiger partial charge is 0.369 e. The van der Waals surface area contributed by atoms with Gasteiger partial charge in [-0.25, -0.2) is 0 Å². The third-order valence-corrected chi connectivity index (χ3v) is 4.37. The number of nitrogens with zero attached hydrogens (tertiary/aromatic N) is 1. The highest BCUT2D eigenvalue weighted by Gasteiger charge is 2.26. The lowest BCUT2D eigenvalue weighted by molar-refractivity contribution is 0.631. The lowest BCUT2D eigenvalue weighted by Gasteiger charge is -2.31. The summed E-state index contributed by atoms with van der Waals surface area (Å²) in [6.45, 7) is 10.1. The minimum Gasteiger partial charge on any atom is -0.369 e. The van der Waals surface area contributed by atoms with Crippen molar-refractivity contribution in [1.29, 1.82) is 0 Å².